The van der Waals surface area contributed by atoms with E-state index in [4.69, 9.17) is 9.47 Å². The molecule has 0 radical (unpaired) electrons. The van der Waals surface area contributed by atoms with Crippen molar-refractivity contribution < 1.29 is 14.3 Å². The minimum absolute atomic E-state index is 0.0567. The Morgan fingerprint density at radius 3 is 2.57 bits per heavy atom. The first-order valence-electron chi connectivity index (χ1n) is 6.76. The minimum atomic E-state index is -0.347. The molecule has 2 aromatic rings. The Labute approximate surface area is 122 Å². The second kappa shape index (κ2) is 7.28. The molecule has 0 unspecified atom stereocenters. The predicted octanol–water partition coefficient (Wildman–Crippen LogP) is 2.10. The summed E-state index contributed by atoms with van der Waals surface area (Å²) in [5.74, 6) is 0.298. The molecule has 0 aliphatic carbocycles. The number of pyridine rings is 1. The predicted molar refractivity (Wildman–Crippen MR) is 78.6 cm³/mol. The van der Waals surface area contributed by atoms with E-state index in [9.17, 15) is 9.59 Å². The first kappa shape index (κ1) is 14.8. The van der Waals surface area contributed by atoms with E-state index < -0.39 is 0 Å². The third-order valence-electron chi connectivity index (χ3n) is 2.87. The molecule has 2 rings (SSSR count). The monoisotopic (exact) mass is 287 g/mol. The molecule has 0 saturated carbocycles. The van der Waals surface area contributed by atoms with E-state index in [0.717, 1.165) is 0 Å². The molecule has 0 N–H and O–H groups in total. The second-order valence-electron chi connectivity index (χ2n) is 4.33. The number of aromatic nitrogens is 1. The third kappa shape index (κ3) is 4.21. The Morgan fingerprint density at radius 1 is 1.14 bits per heavy atom. The molecule has 5 heteroatoms. The van der Waals surface area contributed by atoms with Crippen LogP contribution >= 0.6 is 0 Å². The van der Waals surface area contributed by atoms with Gasteiger partial charge in [-0.3, -0.25) is 4.79 Å². The van der Waals surface area contributed by atoms with Crippen LogP contribution in [-0.2, 0) is 11.3 Å². The molecule has 1 heterocycles. The summed E-state index contributed by atoms with van der Waals surface area (Å²) in [6.07, 6.45) is 1.72. The summed E-state index contributed by atoms with van der Waals surface area (Å²) in [5.41, 5.74) is 0.433. The molecule has 0 fully saturated rings. The Bertz CT molecular complexity index is 646. The van der Waals surface area contributed by atoms with E-state index in [0.29, 0.717) is 31.1 Å². The van der Waals surface area contributed by atoms with Crippen LogP contribution in [0.25, 0.3) is 0 Å². The maximum Gasteiger partial charge on any atom is 0.338 e. The largest absolute Gasteiger partial charge is 0.492 e. The number of ether oxygens (including phenoxy) is 2. The van der Waals surface area contributed by atoms with Crippen LogP contribution in [0, 0.1) is 0 Å². The normalized spacial score (nSPS) is 10.1. The highest BCUT2D eigenvalue weighted by molar-refractivity contribution is 5.89. The zero-order chi connectivity index (χ0) is 15.1. The van der Waals surface area contributed by atoms with Gasteiger partial charge >= 0.3 is 5.97 Å². The van der Waals surface area contributed by atoms with Gasteiger partial charge in [0.25, 0.3) is 5.56 Å². The molecule has 1 aromatic carbocycles. The molecule has 0 atom stereocenters. The van der Waals surface area contributed by atoms with E-state index in [-0.39, 0.29) is 11.5 Å². The quantitative estimate of drug-likeness (QED) is 0.763. The molecule has 0 saturated heterocycles. The molecule has 0 aliphatic rings. The van der Waals surface area contributed by atoms with Gasteiger partial charge < -0.3 is 14.0 Å². The molecule has 0 aliphatic heterocycles. The summed E-state index contributed by atoms with van der Waals surface area (Å²) in [6.45, 7) is 2.96. The second-order valence-corrected chi connectivity index (χ2v) is 4.33. The molecule has 0 amide bonds. The van der Waals surface area contributed by atoms with Crippen molar-refractivity contribution >= 4 is 5.97 Å². The van der Waals surface area contributed by atoms with Gasteiger partial charge in [0.05, 0.1) is 18.7 Å². The van der Waals surface area contributed by atoms with Crippen molar-refractivity contribution in [1.82, 2.24) is 4.57 Å². The van der Waals surface area contributed by atoms with Crippen molar-refractivity contribution in [2.24, 2.45) is 0 Å². The van der Waals surface area contributed by atoms with E-state index in [1.54, 1.807) is 54.1 Å². The number of rotatable bonds is 6. The Hall–Kier alpha value is -2.56. The molecule has 0 spiro atoms. The van der Waals surface area contributed by atoms with E-state index >= 15 is 0 Å². The van der Waals surface area contributed by atoms with Crippen LogP contribution in [0.5, 0.6) is 5.75 Å². The van der Waals surface area contributed by atoms with Gasteiger partial charge in [-0.1, -0.05) is 6.07 Å². The number of esters is 1. The molecule has 1 aromatic heterocycles. The van der Waals surface area contributed by atoms with Gasteiger partial charge in [-0.15, -0.1) is 0 Å². The van der Waals surface area contributed by atoms with Crippen molar-refractivity contribution in [3.63, 3.8) is 0 Å². The first-order chi connectivity index (χ1) is 10.2. The lowest BCUT2D eigenvalue weighted by molar-refractivity contribution is 0.0526. The smallest absolute Gasteiger partial charge is 0.338 e. The molecule has 0 bridgehead atoms. The van der Waals surface area contributed by atoms with Crippen LogP contribution in [-0.4, -0.2) is 23.8 Å². The van der Waals surface area contributed by atoms with Crippen LogP contribution in [0.3, 0.4) is 0 Å². The summed E-state index contributed by atoms with van der Waals surface area (Å²) < 4.78 is 12.0. The number of hydrogen-bond acceptors (Lipinski definition) is 4. The Balaban J connectivity index is 1.88. The summed E-state index contributed by atoms with van der Waals surface area (Å²) >= 11 is 0. The van der Waals surface area contributed by atoms with Crippen molar-refractivity contribution in [2.75, 3.05) is 13.2 Å². The average molecular weight is 287 g/mol. The highest BCUT2D eigenvalue weighted by Gasteiger charge is 2.05. The lowest BCUT2D eigenvalue weighted by Gasteiger charge is -2.08. The number of carbonyl (C=O) groups is 1. The summed E-state index contributed by atoms with van der Waals surface area (Å²) in [5, 5.41) is 0. The highest BCUT2D eigenvalue weighted by Crippen LogP contribution is 2.13. The topological polar surface area (TPSA) is 57.5 Å². The van der Waals surface area contributed by atoms with Gasteiger partial charge in [-0.05, 0) is 37.3 Å². The van der Waals surface area contributed by atoms with Gasteiger partial charge in [0, 0.05) is 12.3 Å². The lowest BCUT2D eigenvalue weighted by Crippen LogP contribution is -2.21. The number of carbonyl (C=O) groups excluding carboxylic acids is 1. The maximum atomic E-state index is 11.5. The van der Waals surface area contributed by atoms with E-state index in [1.165, 1.54) is 6.07 Å². The van der Waals surface area contributed by atoms with Gasteiger partial charge in [0.15, 0.2) is 0 Å². The fourth-order valence-corrected chi connectivity index (χ4v) is 1.81. The molecular weight excluding hydrogens is 270 g/mol. The van der Waals surface area contributed by atoms with Gasteiger partial charge in [0.2, 0.25) is 0 Å². The zero-order valence-electron chi connectivity index (χ0n) is 11.8. The average Bonchev–Trinajstić information content (AvgIpc) is 2.50. The van der Waals surface area contributed by atoms with Crippen LogP contribution in [0.2, 0.25) is 0 Å². The van der Waals surface area contributed by atoms with Crippen LogP contribution in [0.15, 0.2) is 53.5 Å². The fraction of sp³-hybridized carbons (Fsp3) is 0.250. The molecule has 5 nitrogen and oxygen atoms in total. The zero-order valence-corrected chi connectivity index (χ0v) is 11.8. The van der Waals surface area contributed by atoms with Gasteiger partial charge in [0.1, 0.15) is 12.4 Å². The molecule has 21 heavy (non-hydrogen) atoms. The summed E-state index contributed by atoms with van der Waals surface area (Å²) in [6, 6.07) is 11.7. The van der Waals surface area contributed by atoms with Crippen molar-refractivity contribution in [3.05, 3.63) is 64.6 Å². The van der Waals surface area contributed by atoms with Gasteiger partial charge in [-0.2, -0.15) is 0 Å². The number of benzene rings is 1. The fourth-order valence-electron chi connectivity index (χ4n) is 1.81. The van der Waals surface area contributed by atoms with Crippen molar-refractivity contribution in [3.8, 4) is 5.75 Å². The molecule has 110 valence electrons. The first-order valence-corrected chi connectivity index (χ1v) is 6.76. The minimum Gasteiger partial charge on any atom is -0.492 e. The van der Waals surface area contributed by atoms with E-state index in [2.05, 4.69) is 0 Å². The van der Waals surface area contributed by atoms with Crippen LogP contribution in [0.4, 0.5) is 0 Å². The van der Waals surface area contributed by atoms with Crippen molar-refractivity contribution in [2.45, 2.75) is 13.5 Å². The highest BCUT2D eigenvalue weighted by atomic mass is 16.5. The third-order valence-corrected chi connectivity index (χ3v) is 2.87. The maximum absolute atomic E-state index is 11.5. The summed E-state index contributed by atoms with van der Waals surface area (Å²) in [7, 11) is 0. The van der Waals surface area contributed by atoms with Crippen molar-refractivity contribution in [1.29, 1.82) is 0 Å². The standard InChI is InChI=1S/C16H17NO4/c1-2-20-16(19)13-6-8-14(9-7-13)21-12-11-17-10-4-3-5-15(17)18/h3-10H,2,11-12H2,1H3. The van der Waals surface area contributed by atoms with E-state index in [1.807, 2.05) is 0 Å². The summed E-state index contributed by atoms with van der Waals surface area (Å²) in [4.78, 5) is 23.0. The van der Waals surface area contributed by atoms with Crippen LogP contribution in [0.1, 0.15) is 17.3 Å². The number of nitrogens with zero attached hydrogens (tertiary/aromatic N) is 1. The van der Waals surface area contributed by atoms with Crippen LogP contribution < -0.4 is 10.3 Å². The Morgan fingerprint density at radius 2 is 1.90 bits per heavy atom. The van der Waals surface area contributed by atoms with Gasteiger partial charge in [-0.25, -0.2) is 4.79 Å². The number of hydrogen-bond donors (Lipinski definition) is 0. The molecular formula is C16H17NO4. The SMILES string of the molecule is CCOC(=O)c1ccc(OCCn2ccccc2=O)cc1. The Kier molecular flexibility index (Phi) is 5.15. The lowest BCUT2D eigenvalue weighted by atomic mass is 10.2.